The maximum atomic E-state index is 12.3. The molecule has 0 atom stereocenters. The van der Waals surface area contributed by atoms with E-state index < -0.39 is 4.92 Å². The van der Waals surface area contributed by atoms with Gasteiger partial charge in [0.25, 0.3) is 11.5 Å². The number of nitrogens with one attached hydrogen (secondary N) is 1. The van der Waals surface area contributed by atoms with Crippen molar-refractivity contribution in [3.05, 3.63) is 57.2 Å². The van der Waals surface area contributed by atoms with Gasteiger partial charge in [0.15, 0.2) is 0 Å². The second-order valence-electron chi connectivity index (χ2n) is 6.04. The molecule has 1 amide bonds. The molecule has 0 fully saturated rings. The van der Waals surface area contributed by atoms with Crippen LogP contribution >= 0.6 is 0 Å². The van der Waals surface area contributed by atoms with Gasteiger partial charge in [0.1, 0.15) is 6.33 Å². The first kappa shape index (κ1) is 17.5. The Balaban J connectivity index is 1.74. The van der Waals surface area contributed by atoms with E-state index in [9.17, 15) is 14.9 Å². The van der Waals surface area contributed by atoms with Gasteiger partial charge in [0, 0.05) is 29.9 Å². The Kier molecular flexibility index (Phi) is 4.61. The van der Waals surface area contributed by atoms with Crippen LogP contribution in [0.25, 0.3) is 5.78 Å². The molecule has 9 heteroatoms. The molecule has 134 valence electrons. The summed E-state index contributed by atoms with van der Waals surface area (Å²) in [5.41, 5.74) is 3.79. The van der Waals surface area contributed by atoms with Crippen LogP contribution in [-0.4, -0.2) is 30.4 Å². The van der Waals surface area contributed by atoms with Gasteiger partial charge in [-0.15, -0.1) is 0 Å². The number of aryl methyl sites for hydroxylation is 3. The highest BCUT2D eigenvalue weighted by atomic mass is 16.6. The highest BCUT2D eigenvalue weighted by molar-refractivity contribution is 5.92. The van der Waals surface area contributed by atoms with Crippen molar-refractivity contribution < 1.29 is 9.72 Å². The lowest BCUT2D eigenvalue weighted by molar-refractivity contribution is -0.384. The third kappa shape index (κ3) is 3.37. The molecule has 2 heterocycles. The number of non-ortho nitro benzene ring substituents is 1. The topological polar surface area (TPSA) is 115 Å². The van der Waals surface area contributed by atoms with Crippen molar-refractivity contribution >= 4 is 23.1 Å². The lowest BCUT2D eigenvalue weighted by Crippen LogP contribution is -2.15. The van der Waals surface area contributed by atoms with E-state index in [0.717, 1.165) is 22.5 Å². The fraction of sp³-hybridized carbons (Fsp3) is 0.294. The maximum Gasteiger partial charge on any atom is 0.271 e. The average Bonchev–Trinajstić information content (AvgIpc) is 3.05. The van der Waals surface area contributed by atoms with Gasteiger partial charge in [0.05, 0.1) is 10.6 Å². The number of anilines is 1. The van der Waals surface area contributed by atoms with Crippen LogP contribution in [0.15, 0.2) is 24.5 Å². The number of fused-ring (bicyclic) bond motifs is 1. The van der Waals surface area contributed by atoms with E-state index in [1.807, 2.05) is 13.8 Å². The molecule has 9 nitrogen and oxygen atoms in total. The molecule has 0 aliphatic heterocycles. The Bertz CT molecular complexity index is 1010. The molecule has 26 heavy (non-hydrogen) atoms. The van der Waals surface area contributed by atoms with Crippen LogP contribution in [0.3, 0.4) is 0 Å². The van der Waals surface area contributed by atoms with Crippen LogP contribution in [0.2, 0.25) is 0 Å². The summed E-state index contributed by atoms with van der Waals surface area (Å²) in [6.07, 6.45) is 2.16. The molecule has 0 saturated heterocycles. The maximum absolute atomic E-state index is 12.3. The van der Waals surface area contributed by atoms with Crippen molar-refractivity contribution in [3.8, 4) is 0 Å². The first-order valence-corrected chi connectivity index (χ1v) is 8.07. The highest BCUT2D eigenvalue weighted by Gasteiger charge is 2.14. The fourth-order valence-corrected chi connectivity index (χ4v) is 2.83. The van der Waals surface area contributed by atoms with Crippen LogP contribution in [0.5, 0.6) is 0 Å². The van der Waals surface area contributed by atoms with Crippen LogP contribution < -0.4 is 5.32 Å². The molecule has 0 spiro atoms. The Morgan fingerprint density at radius 2 is 2.08 bits per heavy atom. The molecule has 1 N–H and O–H groups in total. The summed E-state index contributed by atoms with van der Waals surface area (Å²) in [5, 5.41) is 17.8. The molecule has 0 saturated carbocycles. The number of carbonyl (C=O) groups is 1. The first-order valence-electron chi connectivity index (χ1n) is 8.07. The van der Waals surface area contributed by atoms with Crippen molar-refractivity contribution in [2.24, 2.45) is 0 Å². The summed E-state index contributed by atoms with van der Waals surface area (Å²) >= 11 is 0. The van der Waals surface area contributed by atoms with E-state index in [1.165, 1.54) is 18.5 Å². The van der Waals surface area contributed by atoms with Crippen molar-refractivity contribution in [2.45, 2.75) is 33.6 Å². The summed E-state index contributed by atoms with van der Waals surface area (Å²) in [6.45, 7) is 5.57. The summed E-state index contributed by atoms with van der Waals surface area (Å²) in [4.78, 5) is 31.2. The molecule has 0 aliphatic carbocycles. The summed E-state index contributed by atoms with van der Waals surface area (Å²) in [5.74, 6) is 0.312. The largest absolute Gasteiger partial charge is 0.326 e. The summed E-state index contributed by atoms with van der Waals surface area (Å²) in [6, 6.07) is 4.40. The molecule has 0 radical (unpaired) electrons. The van der Waals surface area contributed by atoms with E-state index in [1.54, 1.807) is 17.5 Å². The first-order chi connectivity index (χ1) is 12.4. The van der Waals surface area contributed by atoms with Crippen LogP contribution in [0.4, 0.5) is 11.4 Å². The third-order valence-corrected chi connectivity index (χ3v) is 4.30. The van der Waals surface area contributed by atoms with Crippen molar-refractivity contribution in [1.82, 2.24) is 19.6 Å². The molecular weight excluding hydrogens is 336 g/mol. The molecule has 1 aromatic carbocycles. The lowest BCUT2D eigenvalue weighted by Gasteiger charge is -2.11. The number of aromatic nitrogens is 4. The fourth-order valence-electron chi connectivity index (χ4n) is 2.83. The molecular formula is C17H18N6O3. The number of hydrogen-bond donors (Lipinski definition) is 1. The number of nitrogens with zero attached hydrogens (tertiary/aromatic N) is 5. The van der Waals surface area contributed by atoms with E-state index in [4.69, 9.17) is 0 Å². The monoisotopic (exact) mass is 354 g/mol. The van der Waals surface area contributed by atoms with Crippen LogP contribution in [-0.2, 0) is 11.2 Å². The number of carbonyl (C=O) groups excluding carboxylic acids is 1. The minimum atomic E-state index is -0.485. The molecule has 0 unspecified atom stereocenters. The number of nitro groups is 1. The minimum absolute atomic E-state index is 0.0570. The van der Waals surface area contributed by atoms with Gasteiger partial charge in [-0.3, -0.25) is 14.9 Å². The van der Waals surface area contributed by atoms with Gasteiger partial charge >= 0.3 is 0 Å². The van der Waals surface area contributed by atoms with Gasteiger partial charge in [0.2, 0.25) is 5.91 Å². The zero-order valence-electron chi connectivity index (χ0n) is 14.7. The molecule has 0 aliphatic rings. The van der Waals surface area contributed by atoms with Crippen LogP contribution in [0, 0.1) is 30.9 Å². The predicted octanol–water partition coefficient (Wildman–Crippen LogP) is 2.53. The van der Waals surface area contributed by atoms with Crippen molar-refractivity contribution in [3.63, 3.8) is 0 Å². The third-order valence-electron chi connectivity index (χ3n) is 4.30. The highest BCUT2D eigenvalue weighted by Crippen LogP contribution is 2.22. The lowest BCUT2D eigenvalue weighted by atomic mass is 10.1. The standard InChI is InChI=1S/C17H18N6O3/c1-10-4-5-13(23(25)26)8-15(10)21-16(24)7-6-14-11(2)20-17-18-9-19-22(17)12(14)3/h4-5,8-9H,6-7H2,1-3H3,(H,21,24). The smallest absolute Gasteiger partial charge is 0.271 e. The second-order valence-corrected chi connectivity index (χ2v) is 6.04. The quantitative estimate of drug-likeness (QED) is 0.556. The second kappa shape index (κ2) is 6.87. The zero-order chi connectivity index (χ0) is 18.8. The molecule has 3 rings (SSSR count). The summed E-state index contributed by atoms with van der Waals surface area (Å²) < 4.78 is 1.64. The minimum Gasteiger partial charge on any atom is -0.326 e. The molecule has 0 bridgehead atoms. The normalized spacial score (nSPS) is 10.9. The number of hydrogen-bond acceptors (Lipinski definition) is 6. The Morgan fingerprint density at radius 3 is 2.81 bits per heavy atom. The number of rotatable bonds is 5. The number of amides is 1. The zero-order valence-corrected chi connectivity index (χ0v) is 14.7. The van der Waals surface area contributed by atoms with Gasteiger partial charge < -0.3 is 5.32 Å². The Labute approximate surface area is 149 Å². The SMILES string of the molecule is Cc1ccc([N+](=O)[O-])cc1NC(=O)CCc1c(C)nc2ncnn2c1C. The van der Waals surface area contributed by atoms with E-state index >= 15 is 0 Å². The van der Waals surface area contributed by atoms with Crippen molar-refractivity contribution in [2.75, 3.05) is 5.32 Å². The average molecular weight is 354 g/mol. The molecule has 3 aromatic rings. The van der Waals surface area contributed by atoms with E-state index in [-0.39, 0.29) is 18.0 Å². The van der Waals surface area contributed by atoms with Crippen molar-refractivity contribution in [1.29, 1.82) is 0 Å². The summed E-state index contributed by atoms with van der Waals surface area (Å²) in [7, 11) is 0. The van der Waals surface area contributed by atoms with Gasteiger partial charge in [-0.2, -0.15) is 10.1 Å². The van der Waals surface area contributed by atoms with Gasteiger partial charge in [-0.1, -0.05) is 6.07 Å². The predicted molar refractivity (Wildman–Crippen MR) is 95.0 cm³/mol. The number of nitro benzene ring substituents is 1. The van der Waals surface area contributed by atoms with Crippen LogP contribution in [0.1, 0.15) is 28.9 Å². The Morgan fingerprint density at radius 1 is 1.31 bits per heavy atom. The number of benzene rings is 1. The van der Waals surface area contributed by atoms with E-state index in [0.29, 0.717) is 17.9 Å². The van der Waals surface area contributed by atoms with Gasteiger partial charge in [-0.05, 0) is 38.3 Å². The molecule has 2 aromatic heterocycles. The van der Waals surface area contributed by atoms with E-state index in [2.05, 4.69) is 20.4 Å². The van der Waals surface area contributed by atoms with Gasteiger partial charge in [-0.25, -0.2) is 9.50 Å². The Hall–Kier alpha value is -3.36.